The Morgan fingerprint density at radius 1 is 1.00 bits per heavy atom. The predicted octanol–water partition coefficient (Wildman–Crippen LogP) is 2.02. The maximum Gasteiger partial charge on any atom is 0.283 e. The molecule has 1 aromatic heterocycles. The molecule has 2 aliphatic heterocycles. The number of rotatable bonds is 0. The van der Waals surface area contributed by atoms with E-state index >= 15 is 0 Å². The first-order valence-corrected chi connectivity index (χ1v) is 9.77. The van der Waals surface area contributed by atoms with Crippen LogP contribution in [-0.2, 0) is 10.3 Å². The van der Waals surface area contributed by atoms with Crippen molar-refractivity contribution in [1.29, 1.82) is 0 Å². The summed E-state index contributed by atoms with van der Waals surface area (Å²) in [6, 6.07) is 7.35. The Morgan fingerprint density at radius 2 is 1.65 bits per heavy atom. The van der Waals surface area contributed by atoms with Crippen molar-refractivity contribution in [2.24, 2.45) is 10.7 Å². The normalized spacial score (nSPS) is 19.0. The van der Waals surface area contributed by atoms with E-state index in [0.717, 1.165) is 5.56 Å². The van der Waals surface area contributed by atoms with Gasteiger partial charge in [-0.3, -0.25) is 0 Å². The Labute approximate surface area is 180 Å². The third kappa shape index (κ3) is 4.20. The first-order chi connectivity index (χ1) is 14.5. The summed E-state index contributed by atoms with van der Waals surface area (Å²) in [7, 11) is 0. The van der Waals surface area contributed by atoms with Crippen LogP contribution >= 0.6 is 0 Å². The van der Waals surface area contributed by atoms with E-state index in [1.807, 2.05) is 18.2 Å². The first kappa shape index (κ1) is 20.7. The summed E-state index contributed by atoms with van der Waals surface area (Å²) in [5.74, 6) is 12.5. The van der Waals surface area contributed by atoms with Crippen LogP contribution in [0.1, 0.15) is 49.9 Å². The standard InChI is InChI=1S/C24H23N3O4/c1-22(2,28)9-7-15-5-6-19-17(11-15)24(14-30-21(25)27-24)18-12-16(8-10-23(3,4)29)13-26-20(18)31-19/h5-6,11-13,28-29H,14H2,1-4H3,(H2,25,27). The third-order valence-corrected chi connectivity index (χ3v) is 4.68. The molecule has 31 heavy (non-hydrogen) atoms. The Morgan fingerprint density at radius 3 is 2.26 bits per heavy atom. The summed E-state index contributed by atoms with van der Waals surface area (Å²) < 4.78 is 11.6. The van der Waals surface area contributed by atoms with Gasteiger partial charge in [0.25, 0.3) is 6.02 Å². The van der Waals surface area contributed by atoms with Crippen molar-refractivity contribution in [3.8, 4) is 35.3 Å². The number of amidine groups is 1. The molecule has 0 fully saturated rings. The molecule has 7 nitrogen and oxygen atoms in total. The lowest BCUT2D eigenvalue weighted by Gasteiger charge is -2.32. The molecule has 1 spiro atoms. The zero-order chi connectivity index (χ0) is 22.4. The van der Waals surface area contributed by atoms with E-state index in [2.05, 4.69) is 33.7 Å². The first-order valence-electron chi connectivity index (χ1n) is 9.77. The predicted molar refractivity (Wildman–Crippen MR) is 115 cm³/mol. The lowest BCUT2D eigenvalue weighted by Crippen LogP contribution is -2.31. The lowest BCUT2D eigenvalue weighted by molar-refractivity contribution is 0.143. The Bertz CT molecular complexity index is 1130. The molecular weight excluding hydrogens is 394 g/mol. The average Bonchev–Trinajstić information content (AvgIpc) is 3.07. The number of aliphatic hydroxyl groups is 2. The van der Waals surface area contributed by atoms with Gasteiger partial charge in [0, 0.05) is 22.9 Å². The second-order valence-electron chi connectivity index (χ2n) is 8.61. The zero-order valence-corrected chi connectivity index (χ0v) is 17.8. The van der Waals surface area contributed by atoms with Crippen LogP contribution < -0.4 is 10.5 Å². The van der Waals surface area contributed by atoms with Crippen LogP contribution in [0.2, 0.25) is 0 Å². The quantitative estimate of drug-likeness (QED) is 0.566. The van der Waals surface area contributed by atoms with Gasteiger partial charge in [-0.25, -0.2) is 9.98 Å². The molecule has 0 aliphatic carbocycles. The molecule has 7 heteroatoms. The second-order valence-corrected chi connectivity index (χ2v) is 8.61. The Balaban J connectivity index is 1.87. The van der Waals surface area contributed by atoms with Gasteiger partial charge in [0.2, 0.25) is 5.88 Å². The van der Waals surface area contributed by atoms with E-state index in [1.165, 1.54) is 0 Å². The van der Waals surface area contributed by atoms with Gasteiger partial charge in [-0.05, 0) is 52.0 Å². The van der Waals surface area contributed by atoms with Crippen molar-refractivity contribution in [2.75, 3.05) is 6.61 Å². The van der Waals surface area contributed by atoms with Gasteiger partial charge in [0.1, 0.15) is 23.6 Å². The number of aliphatic imine (C=N–C) groups is 1. The number of hydrogen-bond acceptors (Lipinski definition) is 7. The van der Waals surface area contributed by atoms with Crippen LogP contribution in [0, 0.1) is 23.7 Å². The molecule has 3 heterocycles. The highest BCUT2D eigenvalue weighted by Crippen LogP contribution is 2.50. The van der Waals surface area contributed by atoms with E-state index in [-0.39, 0.29) is 12.6 Å². The van der Waals surface area contributed by atoms with Crippen molar-refractivity contribution in [1.82, 2.24) is 4.98 Å². The number of fused-ring (bicyclic) bond motifs is 4. The number of pyridine rings is 1. The molecule has 0 saturated carbocycles. The Hall–Kier alpha value is -3.52. The second kappa shape index (κ2) is 7.02. The van der Waals surface area contributed by atoms with Gasteiger partial charge in [-0.2, -0.15) is 0 Å². The molecule has 4 N–H and O–H groups in total. The van der Waals surface area contributed by atoms with E-state index in [4.69, 9.17) is 15.2 Å². The summed E-state index contributed by atoms with van der Waals surface area (Å²) in [6.07, 6.45) is 1.59. The van der Waals surface area contributed by atoms with E-state index in [9.17, 15) is 10.2 Å². The summed E-state index contributed by atoms with van der Waals surface area (Å²) in [5.41, 5.74) is 5.39. The summed E-state index contributed by atoms with van der Waals surface area (Å²) in [6.45, 7) is 6.64. The van der Waals surface area contributed by atoms with Gasteiger partial charge >= 0.3 is 0 Å². The average molecular weight is 417 g/mol. The van der Waals surface area contributed by atoms with Crippen LogP contribution in [0.4, 0.5) is 0 Å². The smallest absolute Gasteiger partial charge is 0.283 e. The molecule has 0 radical (unpaired) electrons. The number of hydrogen-bond donors (Lipinski definition) is 3. The molecule has 0 saturated heterocycles. The van der Waals surface area contributed by atoms with E-state index in [1.54, 1.807) is 40.0 Å². The number of nitrogens with zero attached hydrogens (tertiary/aromatic N) is 2. The highest BCUT2D eigenvalue weighted by atomic mass is 16.5. The zero-order valence-electron chi connectivity index (χ0n) is 17.8. The van der Waals surface area contributed by atoms with Crippen molar-refractivity contribution in [2.45, 2.75) is 44.4 Å². The number of benzene rings is 1. The highest BCUT2D eigenvalue weighted by molar-refractivity contribution is 5.76. The molecule has 1 atom stereocenters. The molecular formula is C24H23N3O4. The van der Waals surface area contributed by atoms with E-state index < -0.39 is 16.7 Å². The van der Waals surface area contributed by atoms with Crippen molar-refractivity contribution in [3.05, 3.63) is 52.7 Å². The van der Waals surface area contributed by atoms with Gasteiger partial charge in [-0.1, -0.05) is 23.7 Å². The number of ether oxygens (including phenoxy) is 2. The number of nitrogens with two attached hydrogens (primary N) is 1. The summed E-state index contributed by atoms with van der Waals surface area (Å²) in [5, 5.41) is 19.8. The molecule has 158 valence electrons. The maximum atomic E-state index is 9.93. The Kier molecular flexibility index (Phi) is 4.70. The van der Waals surface area contributed by atoms with Crippen LogP contribution in [0.3, 0.4) is 0 Å². The van der Waals surface area contributed by atoms with Crippen LogP contribution in [0.15, 0.2) is 35.5 Å². The van der Waals surface area contributed by atoms with E-state index in [0.29, 0.717) is 28.3 Å². The largest absolute Gasteiger partial charge is 0.462 e. The molecule has 0 bridgehead atoms. The number of aromatic nitrogens is 1. The van der Waals surface area contributed by atoms with Crippen LogP contribution in [-0.4, -0.2) is 39.0 Å². The van der Waals surface area contributed by atoms with Crippen LogP contribution in [0.5, 0.6) is 11.6 Å². The fourth-order valence-corrected chi connectivity index (χ4v) is 3.32. The monoisotopic (exact) mass is 417 g/mol. The third-order valence-electron chi connectivity index (χ3n) is 4.68. The van der Waals surface area contributed by atoms with Gasteiger partial charge < -0.3 is 25.4 Å². The molecule has 4 rings (SSSR count). The highest BCUT2D eigenvalue weighted by Gasteiger charge is 2.47. The molecule has 1 aromatic carbocycles. The molecule has 1 unspecified atom stereocenters. The van der Waals surface area contributed by atoms with Crippen LogP contribution in [0.25, 0.3) is 0 Å². The molecule has 2 aliphatic rings. The topological polar surface area (TPSA) is 110 Å². The SMILES string of the molecule is CC(C)(O)C#Cc1ccc2c(c1)C1(COC(N)=N1)c1cc(C#CC(C)(C)O)cnc1O2. The minimum absolute atomic E-state index is 0.0692. The minimum Gasteiger partial charge on any atom is -0.462 e. The maximum absolute atomic E-state index is 9.93. The fraction of sp³-hybridized carbons (Fsp3) is 0.333. The molecule has 0 amide bonds. The van der Waals surface area contributed by atoms with Gasteiger partial charge in [-0.15, -0.1) is 0 Å². The van der Waals surface area contributed by atoms with Gasteiger partial charge in [0.05, 0.1) is 5.56 Å². The fourth-order valence-electron chi connectivity index (χ4n) is 3.32. The lowest BCUT2D eigenvalue weighted by atomic mass is 9.81. The van der Waals surface area contributed by atoms with Gasteiger partial charge in [0.15, 0.2) is 5.54 Å². The van der Waals surface area contributed by atoms with Crippen molar-refractivity contribution in [3.63, 3.8) is 0 Å². The molecule has 2 aromatic rings. The summed E-state index contributed by atoms with van der Waals surface area (Å²) in [4.78, 5) is 9.04. The minimum atomic E-state index is -1.14. The van der Waals surface area contributed by atoms with Crippen molar-refractivity contribution < 1.29 is 19.7 Å². The summed E-state index contributed by atoms with van der Waals surface area (Å²) >= 11 is 0. The van der Waals surface area contributed by atoms with Crippen molar-refractivity contribution >= 4 is 6.02 Å².